The molecule has 1 spiro atoms. The van der Waals surface area contributed by atoms with E-state index < -0.39 is 0 Å². The lowest BCUT2D eigenvalue weighted by atomic mass is 9.91. The molecule has 1 heterocycles. The Hall–Kier alpha value is -0.860. The van der Waals surface area contributed by atoms with E-state index in [1.165, 1.54) is 49.7 Å². The number of rotatable bonds is 2. The van der Waals surface area contributed by atoms with Crippen LogP contribution in [0.3, 0.4) is 0 Å². The first kappa shape index (κ1) is 12.8. The van der Waals surface area contributed by atoms with Crippen molar-refractivity contribution >= 4 is 0 Å². The van der Waals surface area contributed by atoms with Crippen molar-refractivity contribution in [3.63, 3.8) is 0 Å². The predicted octanol–water partition coefficient (Wildman–Crippen LogP) is 3.40. The predicted molar refractivity (Wildman–Crippen MR) is 80.8 cm³/mol. The summed E-state index contributed by atoms with van der Waals surface area (Å²) in [6.45, 7) is 2.03. The summed E-state index contributed by atoms with van der Waals surface area (Å²) in [6.07, 6.45) is 9.70. The van der Waals surface area contributed by atoms with Crippen LogP contribution in [0.4, 0.5) is 0 Å². The van der Waals surface area contributed by atoms with Crippen LogP contribution in [-0.4, -0.2) is 19.2 Å². The van der Waals surface area contributed by atoms with E-state index >= 15 is 0 Å². The average Bonchev–Trinajstić information content (AvgIpc) is 3.09. The molecule has 0 aromatic heterocycles. The van der Waals surface area contributed by atoms with Crippen molar-refractivity contribution in [2.24, 2.45) is 5.92 Å². The third-order valence-electron chi connectivity index (χ3n) is 5.55. The van der Waals surface area contributed by atoms with Crippen molar-refractivity contribution in [1.82, 2.24) is 5.32 Å². The highest BCUT2D eigenvalue weighted by molar-refractivity contribution is 5.38. The zero-order chi connectivity index (χ0) is 13.4. The Kier molecular flexibility index (Phi) is 3.31. The number of fused-ring (bicyclic) bond motifs is 2. The topological polar surface area (TPSA) is 21.3 Å². The molecule has 2 nitrogen and oxygen atoms in total. The van der Waals surface area contributed by atoms with Crippen LogP contribution in [0, 0.1) is 5.92 Å². The Balaban J connectivity index is 1.52. The van der Waals surface area contributed by atoms with Crippen molar-refractivity contribution in [3.05, 3.63) is 35.4 Å². The SMILES string of the molecule is c1ccc2c(c1)CCC21CNCC(CC2CCCC2)O1. The average molecular weight is 271 g/mol. The molecule has 0 bridgehead atoms. The maximum atomic E-state index is 6.66. The van der Waals surface area contributed by atoms with E-state index in [1.54, 1.807) is 0 Å². The van der Waals surface area contributed by atoms with Gasteiger partial charge in [-0.15, -0.1) is 0 Å². The summed E-state index contributed by atoms with van der Waals surface area (Å²) in [5.41, 5.74) is 2.91. The first-order valence-electron chi connectivity index (χ1n) is 8.33. The highest BCUT2D eigenvalue weighted by atomic mass is 16.5. The van der Waals surface area contributed by atoms with Gasteiger partial charge in [0.1, 0.15) is 5.60 Å². The Morgan fingerprint density at radius 1 is 1.20 bits per heavy atom. The van der Waals surface area contributed by atoms with Crippen molar-refractivity contribution in [2.75, 3.05) is 13.1 Å². The smallest absolute Gasteiger partial charge is 0.106 e. The molecule has 2 aliphatic carbocycles. The van der Waals surface area contributed by atoms with Crippen molar-refractivity contribution in [3.8, 4) is 0 Å². The van der Waals surface area contributed by atoms with E-state index in [0.717, 1.165) is 25.4 Å². The monoisotopic (exact) mass is 271 g/mol. The molecule has 1 saturated heterocycles. The Bertz CT molecular complexity index is 476. The van der Waals surface area contributed by atoms with Gasteiger partial charge in [0.05, 0.1) is 6.10 Å². The largest absolute Gasteiger partial charge is 0.364 e. The lowest BCUT2D eigenvalue weighted by molar-refractivity contribution is -0.127. The summed E-state index contributed by atoms with van der Waals surface area (Å²) in [5, 5.41) is 3.66. The van der Waals surface area contributed by atoms with Crippen LogP contribution in [0.2, 0.25) is 0 Å². The maximum absolute atomic E-state index is 6.66. The van der Waals surface area contributed by atoms with E-state index in [-0.39, 0.29) is 5.60 Å². The lowest BCUT2D eigenvalue weighted by Crippen LogP contribution is -2.51. The number of hydrogen-bond donors (Lipinski definition) is 1. The van der Waals surface area contributed by atoms with Gasteiger partial charge < -0.3 is 10.1 Å². The van der Waals surface area contributed by atoms with Gasteiger partial charge in [-0.05, 0) is 36.3 Å². The summed E-state index contributed by atoms with van der Waals surface area (Å²) in [7, 11) is 0. The number of hydrogen-bond acceptors (Lipinski definition) is 2. The molecule has 2 unspecified atom stereocenters. The van der Waals surface area contributed by atoms with Gasteiger partial charge in [0, 0.05) is 13.1 Å². The molecule has 1 aliphatic heterocycles. The van der Waals surface area contributed by atoms with E-state index in [0.29, 0.717) is 6.10 Å². The minimum absolute atomic E-state index is 0.0296. The summed E-state index contributed by atoms with van der Waals surface area (Å²) in [6, 6.07) is 8.87. The third kappa shape index (κ3) is 2.19. The molecular formula is C18H25NO. The van der Waals surface area contributed by atoms with Crippen LogP contribution < -0.4 is 5.32 Å². The molecule has 1 N–H and O–H groups in total. The van der Waals surface area contributed by atoms with Gasteiger partial charge in [-0.2, -0.15) is 0 Å². The summed E-state index contributed by atoms with van der Waals surface area (Å²) in [5.74, 6) is 0.911. The molecule has 1 saturated carbocycles. The Labute approximate surface area is 121 Å². The fourth-order valence-electron chi connectivity index (χ4n) is 4.55. The second-order valence-electron chi connectivity index (χ2n) is 6.91. The van der Waals surface area contributed by atoms with E-state index in [9.17, 15) is 0 Å². The third-order valence-corrected chi connectivity index (χ3v) is 5.55. The molecule has 1 aromatic rings. The van der Waals surface area contributed by atoms with E-state index in [1.807, 2.05) is 0 Å². The van der Waals surface area contributed by atoms with Gasteiger partial charge in [-0.3, -0.25) is 0 Å². The maximum Gasteiger partial charge on any atom is 0.106 e. The summed E-state index contributed by atoms with van der Waals surface area (Å²) < 4.78 is 6.66. The van der Waals surface area contributed by atoms with Gasteiger partial charge in [0.15, 0.2) is 0 Å². The molecule has 108 valence electrons. The summed E-state index contributed by atoms with van der Waals surface area (Å²) in [4.78, 5) is 0. The molecule has 2 fully saturated rings. The van der Waals surface area contributed by atoms with Crippen LogP contribution in [0.1, 0.15) is 49.7 Å². The fraction of sp³-hybridized carbons (Fsp3) is 0.667. The highest BCUT2D eigenvalue weighted by Crippen LogP contribution is 2.43. The zero-order valence-corrected chi connectivity index (χ0v) is 12.2. The normalized spacial score (nSPS) is 33.7. The first-order chi connectivity index (χ1) is 9.86. The second kappa shape index (κ2) is 5.16. The molecule has 20 heavy (non-hydrogen) atoms. The second-order valence-corrected chi connectivity index (χ2v) is 6.91. The zero-order valence-electron chi connectivity index (χ0n) is 12.2. The van der Waals surface area contributed by atoms with Crippen molar-refractivity contribution < 1.29 is 4.74 Å². The van der Waals surface area contributed by atoms with Gasteiger partial charge in [-0.25, -0.2) is 0 Å². The van der Waals surface area contributed by atoms with Crippen LogP contribution in [-0.2, 0) is 16.8 Å². The number of nitrogens with one attached hydrogen (secondary N) is 1. The van der Waals surface area contributed by atoms with Gasteiger partial charge in [0.2, 0.25) is 0 Å². The Morgan fingerprint density at radius 2 is 2.05 bits per heavy atom. The standard InChI is InChI=1S/C18H25NO/c1-2-6-14(5-1)11-16-12-19-13-18(20-16)10-9-15-7-3-4-8-17(15)18/h3-4,7-8,14,16,19H,1-2,5-6,9-13H2. The molecule has 4 rings (SSSR count). The van der Waals surface area contributed by atoms with Gasteiger partial charge in [-0.1, -0.05) is 49.9 Å². The molecule has 1 aromatic carbocycles. The summed E-state index contributed by atoms with van der Waals surface area (Å²) >= 11 is 0. The molecule has 2 atom stereocenters. The minimum atomic E-state index is -0.0296. The lowest BCUT2D eigenvalue weighted by Gasteiger charge is -2.41. The van der Waals surface area contributed by atoms with Crippen LogP contribution in [0.15, 0.2) is 24.3 Å². The molecule has 3 aliphatic rings. The molecule has 2 heteroatoms. The van der Waals surface area contributed by atoms with Gasteiger partial charge in [0.25, 0.3) is 0 Å². The highest BCUT2D eigenvalue weighted by Gasteiger charge is 2.43. The fourth-order valence-corrected chi connectivity index (χ4v) is 4.55. The molecule has 0 amide bonds. The molecular weight excluding hydrogens is 246 g/mol. The van der Waals surface area contributed by atoms with Gasteiger partial charge >= 0.3 is 0 Å². The molecule has 0 radical (unpaired) electrons. The van der Waals surface area contributed by atoms with Crippen LogP contribution in [0.5, 0.6) is 0 Å². The van der Waals surface area contributed by atoms with Crippen LogP contribution >= 0.6 is 0 Å². The number of ether oxygens (including phenoxy) is 1. The van der Waals surface area contributed by atoms with E-state index in [4.69, 9.17) is 4.74 Å². The first-order valence-corrected chi connectivity index (χ1v) is 8.33. The quantitative estimate of drug-likeness (QED) is 0.890. The minimum Gasteiger partial charge on any atom is -0.364 e. The van der Waals surface area contributed by atoms with Crippen molar-refractivity contribution in [1.29, 1.82) is 0 Å². The number of benzene rings is 1. The Morgan fingerprint density at radius 3 is 2.95 bits per heavy atom. The van der Waals surface area contributed by atoms with Crippen LogP contribution in [0.25, 0.3) is 0 Å². The van der Waals surface area contributed by atoms with Crippen molar-refractivity contribution in [2.45, 2.75) is 56.7 Å². The number of morpholine rings is 1. The number of aryl methyl sites for hydroxylation is 1. The van der Waals surface area contributed by atoms with E-state index in [2.05, 4.69) is 29.6 Å².